The van der Waals surface area contributed by atoms with Crippen molar-refractivity contribution < 1.29 is 9.90 Å². The summed E-state index contributed by atoms with van der Waals surface area (Å²) in [7, 11) is 0. The van der Waals surface area contributed by atoms with E-state index < -0.39 is 5.97 Å². The van der Waals surface area contributed by atoms with Crippen LogP contribution in [0.15, 0.2) is 42.5 Å². The molecule has 1 saturated carbocycles. The van der Waals surface area contributed by atoms with Gasteiger partial charge >= 0.3 is 5.97 Å². The Morgan fingerprint density at radius 2 is 1.85 bits per heavy atom. The third-order valence-corrected chi connectivity index (χ3v) is 5.62. The zero-order valence-corrected chi connectivity index (χ0v) is 11.1. The number of fused-ring (bicyclic) bond motifs is 5. The van der Waals surface area contributed by atoms with Gasteiger partial charge in [-0.1, -0.05) is 48.0 Å². The van der Waals surface area contributed by atoms with Crippen molar-refractivity contribution >= 4 is 5.97 Å². The van der Waals surface area contributed by atoms with E-state index in [1.165, 1.54) is 27.8 Å². The van der Waals surface area contributed by atoms with E-state index in [0.717, 1.165) is 0 Å². The summed E-state index contributed by atoms with van der Waals surface area (Å²) < 4.78 is 0. The highest BCUT2D eigenvalue weighted by Gasteiger charge is 2.81. The van der Waals surface area contributed by atoms with Crippen LogP contribution in [-0.2, 0) is 10.2 Å². The summed E-state index contributed by atoms with van der Waals surface area (Å²) in [5, 5.41) is 9.58. The molecule has 2 aromatic carbocycles. The Labute approximate surface area is 117 Å². The van der Waals surface area contributed by atoms with E-state index in [-0.39, 0.29) is 17.3 Å². The minimum Gasteiger partial charge on any atom is -0.481 e. The Balaban J connectivity index is 1.81. The van der Waals surface area contributed by atoms with Crippen LogP contribution in [0, 0.1) is 12.8 Å². The van der Waals surface area contributed by atoms with Gasteiger partial charge in [0.2, 0.25) is 0 Å². The lowest BCUT2D eigenvalue weighted by Gasteiger charge is -2.40. The van der Waals surface area contributed by atoms with Crippen molar-refractivity contribution in [1.29, 1.82) is 0 Å². The van der Waals surface area contributed by atoms with Crippen LogP contribution in [-0.4, -0.2) is 11.1 Å². The fourth-order valence-electron chi connectivity index (χ4n) is 5.02. The van der Waals surface area contributed by atoms with E-state index in [0.29, 0.717) is 5.92 Å². The van der Waals surface area contributed by atoms with E-state index in [1.807, 2.05) is 6.07 Å². The summed E-state index contributed by atoms with van der Waals surface area (Å²) >= 11 is 0. The second-order valence-corrected chi connectivity index (χ2v) is 6.38. The summed E-state index contributed by atoms with van der Waals surface area (Å²) in [5.74, 6) is -0.366. The third-order valence-electron chi connectivity index (χ3n) is 5.62. The molecule has 98 valence electrons. The van der Waals surface area contributed by atoms with E-state index in [2.05, 4.69) is 43.3 Å². The zero-order chi connectivity index (χ0) is 13.6. The third kappa shape index (κ3) is 0.866. The monoisotopic (exact) mass is 262 g/mol. The van der Waals surface area contributed by atoms with Gasteiger partial charge in [0, 0.05) is 17.3 Å². The number of carboxylic acids is 1. The van der Waals surface area contributed by atoms with Crippen LogP contribution in [0.5, 0.6) is 0 Å². The number of benzene rings is 2. The van der Waals surface area contributed by atoms with Gasteiger partial charge in [-0.25, -0.2) is 0 Å². The minimum absolute atomic E-state index is 0.126. The molecule has 0 aromatic heterocycles. The number of aliphatic carboxylic acids is 1. The molecule has 2 aromatic rings. The zero-order valence-electron chi connectivity index (χ0n) is 11.1. The maximum Gasteiger partial charge on any atom is 0.308 e. The molecule has 1 spiro atoms. The van der Waals surface area contributed by atoms with Crippen molar-refractivity contribution in [1.82, 2.24) is 0 Å². The highest BCUT2D eigenvalue weighted by atomic mass is 16.4. The topological polar surface area (TPSA) is 37.3 Å². The van der Waals surface area contributed by atoms with Crippen molar-refractivity contribution in [3.63, 3.8) is 0 Å². The van der Waals surface area contributed by atoms with Gasteiger partial charge in [-0.3, -0.25) is 4.79 Å². The van der Waals surface area contributed by atoms with Crippen molar-refractivity contribution in [3.05, 3.63) is 70.3 Å². The van der Waals surface area contributed by atoms with Crippen LogP contribution in [0.1, 0.15) is 39.7 Å². The Hall–Kier alpha value is -2.09. The van der Waals surface area contributed by atoms with Gasteiger partial charge in [-0.05, 0) is 29.2 Å². The maximum atomic E-state index is 11.6. The lowest BCUT2D eigenvalue weighted by Crippen LogP contribution is -2.34. The summed E-state index contributed by atoms with van der Waals surface area (Å²) in [6, 6.07) is 14.9. The molecule has 0 radical (unpaired) electrons. The average molecular weight is 262 g/mol. The van der Waals surface area contributed by atoms with Crippen LogP contribution in [0.4, 0.5) is 0 Å². The summed E-state index contributed by atoms with van der Waals surface area (Å²) in [5.41, 5.74) is 6.38. The van der Waals surface area contributed by atoms with Gasteiger partial charge in [0.25, 0.3) is 0 Å². The van der Waals surface area contributed by atoms with Crippen LogP contribution >= 0.6 is 0 Å². The lowest BCUT2D eigenvalue weighted by molar-refractivity contribution is -0.139. The first-order valence-corrected chi connectivity index (χ1v) is 7.10. The number of carbonyl (C=O) groups is 1. The molecule has 4 atom stereocenters. The highest BCUT2D eigenvalue weighted by Crippen LogP contribution is 2.83. The van der Waals surface area contributed by atoms with Crippen molar-refractivity contribution in [2.75, 3.05) is 0 Å². The quantitative estimate of drug-likeness (QED) is 0.857. The number of rotatable bonds is 1. The average Bonchev–Trinajstić information content (AvgIpc) is 3.06. The Morgan fingerprint density at radius 1 is 1.10 bits per heavy atom. The molecule has 0 saturated heterocycles. The minimum atomic E-state index is -0.638. The van der Waals surface area contributed by atoms with Gasteiger partial charge < -0.3 is 5.11 Å². The predicted molar refractivity (Wildman–Crippen MR) is 75.0 cm³/mol. The number of hydrogen-bond donors (Lipinski definition) is 1. The van der Waals surface area contributed by atoms with Crippen molar-refractivity contribution in [2.45, 2.75) is 24.2 Å². The summed E-state index contributed by atoms with van der Waals surface area (Å²) in [4.78, 5) is 11.6. The Kier molecular flexibility index (Phi) is 1.59. The van der Waals surface area contributed by atoms with Crippen LogP contribution in [0.2, 0.25) is 0 Å². The molecule has 0 heterocycles. The molecule has 0 bridgehead atoms. The van der Waals surface area contributed by atoms with Crippen molar-refractivity contribution in [2.24, 2.45) is 5.92 Å². The van der Waals surface area contributed by atoms with E-state index >= 15 is 0 Å². The molecule has 1 N–H and O–H groups in total. The van der Waals surface area contributed by atoms with Gasteiger partial charge in [-0.2, -0.15) is 0 Å². The smallest absolute Gasteiger partial charge is 0.308 e. The fourth-order valence-corrected chi connectivity index (χ4v) is 5.02. The van der Waals surface area contributed by atoms with Gasteiger partial charge in [0.15, 0.2) is 0 Å². The molecule has 2 nitrogen and oxygen atoms in total. The van der Waals surface area contributed by atoms with Crippen LogP contribution < -0.4 is 0 Å². The van der Waals surface area contributed by atoms with E-state index in [1.54, 1.807) is 0 Å². The molecule has 4 unspecified atom stereocenters. The molecule has 1 fully saturated rings. The van der Waals surface area contributed by atoms with E-state index in [9.17, 15) is 9.90 Å². The van der Waals surface area contributed by atoms with E-state index in [4.69, 9.17) is 0 Å². The van der Waals surface area contributed by atoms with Gasteiger partial charge in [0.05, 0.1) is 5.92 Å². The second kappa shape index (κ2) is 2.98. The Morgan fingerprint density at radius 3 is 2.60 bits per heavy atom. The fraction of sp³-hybridized carbons (Fsp3) is 0.278. The number of aryl methyl sites for hydroxylation is 1. The summed E-state index contributed by atoms with van der Waals surface area (Å²) in [6.45, 7) is 2.10. The molecule has 3 aliphatic carbocycles. The van der Waals surface area contributed by atoms with Crippen LogP contribution in [0.25, 0.3) is 0 Å². The van der Waals surface area contributed by atoms with Crippen LogP contribution in [0.3, 0.4) is 0 Å². The lowest BCUT2D eigenvalue weighted by atomic mass is 9.62. The molecule has 2 heteroatoms. The highest BCUT2D eigenvalue weighted by molar-refractivity contribution is 5.88. The molecule has 0 amide bonds. The van der Waals surface area contributed by atoms with Gasteiger partial charge in [-0.15, -0.1) is 0 Å². The van der Waals surface area contributed by atoms with Gasteiger partial charge in [0.1, 0.15) is 0 Å². The Bertz CT molecular complexity index is 792. The first kappa shape index (κ1) is 10.7. The number of hydrogen-bond acceptors (Lipinski definition) is 1. The predicted octanol–water partition coefficient (Wildman–Crippen LogP) is 3.19. The standard InChI is InChI=1S/C18H14O2/c1-9-6-7-13-12(8-9)14-10-4-2-3-5-11(10)15-16(17(19)20)18(13,14)15/h2-8,14-16H,1H3,(H,19,20). The molecular weight excluding hydrogens is 248 g/mol. The molecule has 0 aliphatic heterocycles. The largest absolute Gasteiger partial charge is 0.481 e. The molecular formula is C18H14O2. The SMILES string of the molecule is Cc1ccc2c(c1)C1c3ccccc3C3C(C(=O)O)C213. The number of carboxylic acid groups (broad SMARTS) is 1. The first-order chi connectivity index (χ1) is 9.67. The second-order valence-electron chi connectivity index (χ2n) is 6.38. The summed E-state index contributed by atoms with van der Waals surface area (Å²) in [6.07, 6.45) is 0. The molecule has 5 rings (SSSR count). The van der Waals surface area contributed by atoms with Crippen molar-refractivity contribution in [3.8, 4) is 0 Å². The molecule has 20 heavy (non-hydrogen) atoms. The maximum absolute atomic E-state index is 11.6. The first-order valence-electron chi connectivity index (χ1n) is 7.10. The molecule has 3 aliphatic rings. The normalized spacial score (nSPS) is 34.4.